The molecule has 8 heteroatoms. The zero-order valence-corrected chi connectivity index (χ0v) is 14.7. The molecule has 128 valence electrons. The molecule has 0 radical (unpaired) electrons. The third-order valence-corrected chi connectivity index (χ3v) is 6.20. The van der Waals surface area contributed by atoms with Crippen LogP contribution in [0.25, 0.3) is 5.69 Å². The number of carbonyl (C=O) groups is 1. The molecular weight excluding hydrogens is 328 g/mol. The highest BCUT2D eigenvalue weighted by Crippen LogP contribution is 2.20. The summed E-state index contributed by atoms with van der Waals surface area (Å²) in [7, 11) is -1.42. The van der Waals surface area contributed by atoms with Gasteiger partial charge in [0.15, 0.2) is 15.5 Å². The highest BCUT2D eigenvalue weighted by Gasteiger charge is 2.34. The van der Waals surface area contributed by atoms with Crippen molar-refractivity contribution in [2.24, 2.45) is 0 Å². The molecule has 0 aliphatic carbocycles. The van der Waals surface area contributed by atoms with Gasteiger partial charge in [0.05, 0.1) is 22.9 Å². The molecule has 24 heavy (non-hydrogen) atoms. The highest BCUT2D eigenvalue weighted by atomic mass is 32.2. The Morgan fingerprint density at radius 1 is 1.25 bits per heavy atom. The molecule has 1 unspecified atom stereocenters. The van der Waals surface area contributed by atoms with E-state index in [9.17, 15) is 13.2 Å². The van der Waals surface area contributed by atoms with Crippen LogP contribution in [-0.2, 0) is 9.84 Å². The Kier molecular flexibility index (Phi) is 4.16. The minimum absolute atomic E-state index is 0.0143. The van der Waals surface area contributed by atoms with Gasteiger partial charge in [-0.25, -0.2) is 13.1 Å². The quantitative estimate of drug-likeness (QED) is 0.830. The van der Waals surface area contributed by atoms with Gasteiger partial charge in [-0.3, -0.25) is 4.79 Å². The summed E-state index contributed by atoms with van der Waals surface area (Å²) >= 11 is 0. The van der Waals surface area contributed by atoms with E-state index in [1.807, 2.05) is 31.2 Å². The number of carbonyl (C=O) groups excluding carboxylic acids is 1. The summed E-state index contributed by atoms with van der Waals surface area (Å²) in [5, 5.41) is 8.09. The number of aryl methyl sites for hydroxylation is 1. The van der Waals surface area contributed by atoms with Crippen molar-refractivity contribution in [3.63, 3.8) is 0 Å². The van der Waals surface area contributed by atoms with E-state index in [1.54, 1.807) is 18.7 Å². The third-order valence-electron chi connectivity index (χ3n) is 4.45. The first kappa shape index (κ1) is 16.6. The smallest absolute Gasteiger partial charge is 0.276 e. The van der Waals surface area contributed by atoms with E-state index < -0.39 is 9.84 Å². The van der Waals surface area contributed by atoms with E-state index in [-0.39, 0.29) is 29.1 Å². The molecule has 0 N–H and O–H groups in total. The summed E-state index contributed by atoms with van der Waals surface area (Å²) in [4.78, 5) is 14.2. The molecule has 1 amide bonds. The molecule has 1 fully saturated rings. The van der Waals surface area contributed by atoms with Gasteiger partial charge in [0.2, 0.25) is 0 Å². The Morgan fingerprint density at radius 2 is 1.92 bits per heavy atom. The Bertz CT molecular complexity index is 871. The van der Waals surface area contributed by atoms with Crippen LogP contribution in [0.2, 0.25) is 0 Å². The number of aromatic nitrogens is 3. The Labute approximate surface area is 141 Å². The number of sulfone groups is 1. The lowest BCUT2D eigenvalue weighted by molar-refractivity contribution is 0.0741. The normalized spacial score (nSPS) is 19.4. The first-order valence-corrected chi connectivity index (χ1v) is 9.57. The maximum Gasteiger partial charge on any atom is 0.276 e. The van der Waals surface area contributed by atoms with Crippen LogP contribution in [0.1, 0.15) is 28.2 Å². The molecule has 1 atom stereocenters. The van der Waals surface area contributed by atoms with Crippen LogP contribution in [0, 0.1) is 13.8 Å². The monoisotopic (exact) mass is 348 g/mol. The lowest BCUT2D eigenvalue weighted by Crippen LogP contribution is -2.38. The predicted molar refractivity (Wildman–Crippen MR) is 90.0 cm³/mol. The second-order valence-electron chi connectivity index (χ2n) is 6.24. The van der Waals surface area contributed by atoms with Gasteiger partial charge in [-0.2, -0.15) is 0 Å². The Morgan fingerprint density at radius 3 is 2.50 bits per heavy atom. The van der Waals surface area contributed by atoms with E-state index in [0.29, 0.717) is 12.1 Å². The lowest BCUT2D eigenvalue weighted by atomic mass is 10.2. The highest BCUT2D eigenvalue weighted by molar-refractivity contribution is 7.91. The number of nitrogens with zero attached hydrogens (tertiary/aromatic N) is 4. The van der Waals surface area contributed by atoms with E-state index in [4.69, 9.17) is 0 Å². The van der Waals surface area contributed by atoms with Crippen molar-refractivity contribution in [3.05, 3.63) is 41.2 Å². The number of hydrogen-bond donors (Lipinski definition) is 0. The van der Waals surface area contributed by atoms with E-state index in [2.05, 4.69) is 10.3 Å². The number of rotatable bonds is 3. The molecule has 0 saturated carbocycles. The van der Waals surface area contributed by atoms with Crippen molar-refractivity contribution < 1.29 is 13.2 Å². The minimum Gasteiger partial charge on any atom is -0.336 e. The summed E-state index contributed by atoms with van der Waals surface area (Å²) in [6.07, 6.45) is 0.468. The van der Waals surface area contributed by atoms with E-state index >= 15 is 0 Å². The fraction of sp³-hybridized carbons (Fsp3) is 0.438. The molecule has 2 aromatic rings. The molecule has 2 heterocycles. The third kappa shape index (κ3) is 3.06. The van der Waals surface area contributed by atoms with Gasteiger partial charge in [0, 0.05) is 13.1 Å². The second-order valence-corrected chi connectivity index (χ2v) is 8.47. The van der Waals surface area contributed by atoms with Gasteiger partial charge in [0.1, 0.15) is 0 Å². The maximum atomic E-state index is 12.7. The summed E-state index contributed by atoms with van der Waals surface area (Å²) in [5.74, 6) is -0.155. The number of amides is 1. The summed E-state index contributed by atoms with van der Waals surface area (Å²) in [6.45, 7) is 3.78. The van der Waals surface area contributed by atoms with Crippen LogP contribution in [0.5, 0.6) is 0 Å². The zero-order chi connectivity index (χ0) is 17.5. The first-order valence-electron chi connectivity index (χ1n) is 7.75. The van der Waals surface area contributed by atoms with E-state index in [0.717, 1.165) is 11.3 Å². The molecule has 1 aliphatic heterocycles. The van der Waals surface area contributed by atoms with Gasteiger partial charge in [-0.1, -0.05) is 22.9 Å². The van der Waals surface area contributed by atoms with Crippen molar-refractivity contribution in [1.29, 1.82) is 0 Å². The van der Waals surface area contributed by atoms with Crippen LogP contribution < -0.4 is 0 Å². The van der Waals surface area contributed by atoms with Crippen LogP contribution in [-0.4, -0.2) is 58.8 Å². The Balaban J connectivity index is 1.85. The van der Waals surface area contributed by atoms with Crippen molar-refractivity contribution in [2.75, 3.05) is 18.6 Å². The van der Waals surface area contributed by atoms with Crippen molar-refractivity contribution in [3.8, 4) is 5.69 Å². The number of hydrogen-bond acceptors (Lipinski definition) is 5. The maximum absolute atomic E-state index is 12.7. The van der Waals surface area contributed by atoms with Gasteiger partial charge >= 0.3 is 0 Å². The molecule has 1 saturated heterocycles. The zero-order valence-electron chi connectivity index (χ0n) is 13.9. The lowest BCUT2D eigenvalue weighted by Gasteiger charge is -2.22. The number of benzene rings is 1. The second kappa shape index (κ2) is 6.01. The molecule has 1 aromatic carbocycles. The fourth-order valence-electron chi connectivity index (χ4n) is 2.87. The van der Waals surface area contributed by atoms with Crippen molar-refractivity contribution >= 4 is 15.7 Å². The van der Waals surface area contributed by atoms with Crippen LogP contribution >= 0.6 is 0 Å². The van der Waals surface area contributed by atoms with E-state index in [1.165, 1.54) is 4.90 Å². The molecular formula is C16H20N4O3S. The minimum atomic E-state index is -3.04. The molecule has 3 rings (SSSR count). The largest absolute Gasteiger partial charge is 0.336 e. The van der Waals surface area contributed by atoms with Crippen LogP contribution in [0.4, 0.5) is 0 Å². The topological polar surface area (TPSA) is 85.2 Å². The molecule has 7 nitrogen and oxygen atoms in total. The van der Waals surface area contributed by atoms with Gasteiger partial charge < -0.3 is 4.90 Å². The molecule has 1 aliphatic rings. The van der Waals surface area contributed by atoms with Gasteiger partial charge in [-0.15, -0.1) is 5.10 Å². The standard InChI is InChI=1S/C16H20N4O3S/c1-11-4-6-13(7-5-11)20-12(2)15(17-18-20)16(21)19(3)14-8-9-24(22,23)10-14/h4-7,14H,8-10H2,1-3H3. The van der Waals surface area contributed by atoms with Crippen LogP contribution in [0.15, 0.2) is 24.3 Å². The fourth-order valence-corrected chi connectivity index (χ4v) is 4.65. The first-order chi connectivity index (χ1) is 11.3. The predicted octanol–water partition coefficient (Wildman–Crippen LogP) is 1.14. The average molecular weight is 348 g/mol. The Hall–Kier alpha value is -2.22. The van der Waals surface area contributed by atoms with Crippen molar-refractivity contribution in [2.45, 2.75) is 26.3 Å². The average Bonchev–Trinajstić information content (AvgIpc) is 3.09. The molecule has 1 aromatic heterocycles. The summed E-state index contributed by atoms with van der Waals surface area (Å²) < 4.78 is 24.9. The summed E-state index contributed by atoms with van der Waals surface area (Å²) in [5.41, 5.74) is 2.85. The van der Waals surface area contributed by atoms with Gasteiger partial charge in [0.25, 0.3) is 5.91 Å². The van der Waals surface area contributed by atoms with Crippen molar-refractivity contribution in [1.82, 2.24) is 19.9 Å². The molecule has 0 spiro atoms. The van der Waals surface area contributed by atoms with Gasteiger partial charge in [-0.05, 0) is 32.4 Å². The SMILES string of the molecule is Cc1ccc(-n2nnc(C(=O)N(C)C3CCS(=O)(=O)C3)c2C)cc1. The van der Waals surface area contributed by atoms with Crippen LogP contribution in [0.3, 0.4) is 0 Å². The summed E-state index contributed by atoms with van der Waals surface area (Å²) in [6, 6.07) is 7.46. The molecule has 0 bridgehead atoms.